The van der Waals surface area contributed by atoms with Gasteiger partial charge >= 0.3 is 0 Å². The van der Waals surface area contributed by atoms with Crippen LogP contribution >= 0.6 is 11.6 Å². The summed E-state index contributed by atoms with van der Waals surface area (Å²) in [5, 5.41) is 4.03. The molecule has 4 nitrogen and oxygen atoms in total. The van der Waals surface area contributed by atoms with Gasteiger partial charge in [-0.15, -0.1) is 0 Å². The van der Waals surface area contributed by atoms with Crippen LogP contribution in [0.15, 0.2) is 42.6 Å². The fourth-order valence-corrected chi connectivity index (χ4v) is 2.98. The van der Waals surface area contributed by atoms with Crippen LogP contribution in [-0.2, 0) is 6.54 Å². The molecule has 116 valence electrons. The van der Waals surface area contributed by atoms with E-state index in [1.165, 1.54) is 5.56 Å². The summed E-state index contributed by atoms with van der Waals surface area (Å²) in [6, 6.07) is 12.7. The summed E-state index contributed by atoms with van der Waals surface area (Å²) in [6.07, 6.45) is 2.78. The lowest BCUT2D eigenvalue weighted by atomic mass is 10.2. The fraction of sp³-hybridized carbons (Fsp3) is 0.353. The molecule has 0 spiro atoms. The minimum absolute atomic E-state index is 0.377. The molecule has 5 heteroatoms. The summed E-state index contributed by atoms with van der Waals surface area (Å²) in [7, 11) is 1.61. The van der Waals surface area contributed by atoms with Crippen LogP contribution in [0.1, 0.15) is 12.0 Å². The Balaban J connectivity index is 1.57. The zero-order valence-corrected chi connectivity index (χ0v) is 13.4. The van der Waals surface area contributed by atoms with E-state index >= 15 is 0 Å². The van der Waals surface area contributed by atoms with Crippen LogP contribution in [0, 0.1) is 0 Å². The normalized spacial score (nSPS) is 18.4. The van der Waals surface area contributed by atoms with Gasteiger partial charge < -0.3 is 10.1 Å². The maximum absolute atomic E-state index is 6.23. The molecule has 3 rings (SSSR count). The summed E-state index contributed by atoms with van der Waals surface area (Å²) < 4.78 is 5.12. The Hall–Kier alpha value is -1.78. The molecule has 1 N–H and O–H groups in total. The van der Waals surface area contributed by atoms with Gasteiger partial charge in [0.05, 0.1) is 18.3 Å². The molecule has 2 heterocycles. The van der Waals surface area contributed by atoms with E-state index in [0.29, 0.717) is 16.8 Å². The van der Waals surface area contributed by atoms with Gasteiger partial charge in [-0.25, -0.2) is 4.98 Å². The number of aromatic nitrogens is 1. The van der Waals surface area contributed by atoms with Crippen LogP contribution in [0.3, 0.4) is 0 Å². The van der Waals surface area contributed by atoms with Crippen molar-refractivity contribution in [3.05, 3.63) is 53.2 Å². The van der Waals surface area contributed by atoms with E-state index in [1.807, 2.05) is 0 Å². The van der Waals surface area contributed by atoms with Gasteiger partial charge in [-0.05, 0) is 12.0 Å². The average molecular weight is 318 g/mol. The highest BCUT2D eigenvalue weighted by molar-refractivity contribution is 6.33. The van der Waals surface area contributed by atoms with Crippen LogP contribution in [0.4, 0.5) is 5.82 Å². The Morgan fingerprint density at radius 2 is 2.18 bits per heavy atom. The molecule has 0 unspecified atom stereocenters. The number of pyridine rings is 1. The largest absolute Gasteiger partial charge is 0.495 e. The fourth-order valence-electron chi connectivity index (χ4n) is 2.77. The maximum atomic E-state index is 6.23. The van der Waals surface area contributed by atoms with Gasteiger partial charge in [-0.3, -0.25) is 4.90 Å². The standard InChI is InChI=1S/C17H20ClN3O/c1-22-15-9-16(18)17(19-10-15)20-14-7-8-21(12-14)11-13-5-3-2-4-6-13/h2-6,9-10,14H,7-8,11-12H2,1H3,(H,19,20)/t14-/m1/s1. The van der Waals surface area contributed by atoms with Crippen LogP contribution in [0.2, 0.25) is 5.02 Å². The SMILES string of the molecule is COc1cnc(N[C@@H]2CCN(Cc3ccccc3)C2)c(Cl)c1. The lowest BCUT2D eigenvalue weighted by Gasteiger charge is -2.17. The van der Waals surface area contributed by atoms with Gasteiger partial charge in [0.1, 0.15) is 11.6 Å². The number of anilines is 1. The molecule has 1 aromatic carbocycles. The van der Waals surface area contributed by atoms with Crippen molar-refractivity contribution >= 4 is 17.4 Å². The second kappa shape index (κ2) is 6.99. The second-order valence-corrected chi connectivity index (χ2v) is 5.96. The topological polar surface area (TPSA) is 37.4 Å². The van der Waals surface area contributed by atoms with Gasteiger partial charge in [0.2, 0.25) is 0 Å². The van der Waals surface area contributed by atoms with E-state index in [1.54, 1.807) is 19.4 Å². The van der Waals surface area contributed by atoms with Crippen LogP contribution in [0.25, 0.3) is 0 Å². The molecule has 1 aliphatic heterocycles. The number of methoxy groups -OCH3 is 1. The first-order valence-electron chi connectivity index (χ1n) is 7.47. The molecule has 22 heavy (non-hydrogen) atoms. The Bertz CT molecular complexity index is 621. The Morgan fingerprint density at radius 3 is 2.91 bits per heavy atom. The Morgan fingerprint density at radius 1 is 1.36 bits per heavy atom. The van der Waals surface area contributed by atoms with Crippen molar-refractivity contribution < 1.29 is 4.74 Å². The number of ether oxygens (including phenoxy) is 1. The number of likely N-dealkylation sites (tertiary alicyclic amines) is 1. The van der Waals surface area contributed by atoms with Crippen LogP contribution in [0.5, 0.6) is 5.75 Å². The van der Waals surface area contributed by atoms with Gasteiger partial charge in [0.15, 0.2) is 0 Å². The van der Waals surface area contributed by atoms with Crippen molar-refractivity contribution in [1.29, 1.82) is 0 Å². The molecule has 2 aromatic rings. The van der Waals surface area contributed by atoms with E-state index < -0.39 is 0 Å². The van der Waals surface area contributed by atoms with Gasteiger partial charge in [0, 0.05) is 31.7 Å². The molecule has 1 fully saturated rings. The van der Waals surface area contributed by atoms with Crippen molar-refractivity contribution in [1.82, 2.24) is 9.88 Å². The van der Waals surface area contributed by atoms with E-state index in [4.69, 9.17) is 16.3 Å². The van der Waals surface area contributed by atoms with Crippen molar-refractivity contribution in [2.45, 2.75) is 19.0 Å². The molecule has 0 aliphatic carbocycles. The van der Waals surface area contributed by atoms with Crippen molar-refractivity contribution in [3.63, 3.8) is 0 Å². The van der Waals surface area contributed by atoms with Crippen molar-refractivity contribution in [2.75, 3.05) is 25.5 Å². The summed E-state index contributed by atoms with van der Waals surface area (Å²) in [5.41, 5.74) is 1.35. The number of nitrogens with zero attached hydrogens (tertiary/aromatic N) is 2. The lowest BCUT2D eigenvalue weighted by molar-refractivity contribution is 0.328. The first-order valence-corrected chi connectivity index (χ1v) is 7.85. The summed E-state index contributed by atoms with van der Waals surface area (Å²) in [5.74, 6) is 1.40. The first-order chi connectivity index (χ1) is 10.7. The summed E-state index contributed by atoms with van der Waals surface area (Å²) in [4.78, 5) is 6.78. The monoisotopic (exact) mass is 317 g/mol. The van der Waals surface area contributed by atoms with Crippen molar-refractivity contribution in [2.24, 2.45) is 0 Å². The minimum Gasteiger partial charge on any atom is -0.495 e. The Kier molecular flexibility index (Phi) is 4.80. The van der Waals surface area contributed by atoms with Gasteiger partial charge in [-0.1, -0.05) is 41.9 Å². The molecule has 0 radical (unpaired) electrons. The minimum atomic E-state index is 0.377. The van der Waals surface area contributed by atoms with Crippen molar-refractivity contribution in [3.8, 4) is 5.75 Å². The third kappa shape index (κ3) is 3.70. The number of benzene rings is 1. The first kappa shape index (κ1) is 15.1. The van der Waals surface area contributed by atoms with Gasteiger partial charge in [-0.2, -0.15) is 0 Å². The quantitative estimate of drug-likeness (QED) is 0.916. The van der Waals surface area contributed by atoms with E-state index in [-0.39, 0.29) is 0 Å². The number of rotatable bonds is 5. The molecular weight excluding hydrogens is 298 g/mol. The smallest absolute Gasteiger partial charge is 0.145 e. The highest BCUT2D eigenvalue weighted by Crippen LogP contribution is 2.26. The Labute approximate surface area is 136 Å². The van der Waals surface area contributed by atoms with E-state index in [2.05, 4.69) is 45.5 Å². The highest BCUT2D eigenvalue weighted by Gasteiger charge is 2.23. The molecule has 0 saturated carbocycles. The third-order valence-corrected chi connectivity index (χ3v) is 4.20. The van der Waals surface area contributed by atoms with Crippen LogP contribution in [-0.4, -0.2) is 36.1 Å². The molecular formula is C17H20ClN3O. The predicted octanol–water partition coefficient (Wildman–Crippen LogP) is 3.43. The third-order valence-electron chi connectivity index (χ3n) is 3.91. The molecule has 1 saturated heterocycles. The zero-order valence-electron chi connectivity index (χ0n) is 12.6. The van der Waals surface area contributed by atoms with Gasteiger partial charge in [0.25, 0.3) is 0 Å². The predicted molar refractivity (Wildman–Crippen MR) is 89.5 cm³/mol. The molecule has 0 bridgehead atoms. The average Bonchev–Trinajstić information content (AvgIpc) is 2.97. The number of halogens is 1. The zero-order chi connectivity index (χ0) is 15.4. The van der Waals surface area contributed by atoms with Crippen LogP contribution < -0.4 is 10.1 Å². The second-order valence-electron chi connectivity index (χ2n) is 5.56. The highest BCUT2D eigenvalue weighted by atomic mass is 35.5. The maximum Gasteiger partial charge on any atom is 0.145 e. The molecule has 1 aliphatic rings. The van der Waals surface area contributed by atoms with E-state index in [0.717, 1.165) is 31.9 Å². The summed E-state index contributed by atoms with van der Waals surface area (Å²) in [6.45, 7) is 3.07. The summed E-state index contributed by atoms with van der Waals surface area (Å²) >= 11 is 6.23. The lowest BCUT2D eigenvalue weighted by Crippen LogP contribution is -2.26. The molecule has 1 aromatic heterocycles. The number of hydrogen-bond acceptors (Lipinski definition) is 4. The number of nitrogens with one attached hydrogen (secondary N) is 1. The van der Waals surface area contributed by atoms with E-state index in [9.17, 15) is 0 Å². The molecule has 0 amide bonds. The molecule has 1 atom stereocenters. The number of hydrogen-bond donors (Lipinski definition) is 1.